The molecule has 2 N–H and O–H groups in total. The van der Waals surface area contributed by atoms with Gasteiger partial charge in [0.25, 0.3) is 0 Å². The Balaban J connectivity index is 1.28. The van der Waals surface area contributed by atoms with Crippen LogP contribution in [0.1, 0.15) is 66.5 Å². The molecule has 1 unspecified atom stereocenters. The minimum Gasteiger partial charge on any atom is -0.492 e. The van der Waals surface area contributed by atoms with E-state index in [2.05, 4.69) is 31.1 Å². The highest BCUT2D eigenvalue weighted by molar-refractivity contribution is 5.79. The smallest absolute Gasteiger partial charge is 0.304 e. The van der Waals surface area contributed by atoms with Gasteiger partial charge in [-0.25, -0.2) is 4.39 Å². The number of aryl methyl sites for hydroxylation is 2. The van der Waals surface area contributed by atoms with Crippen molar-refractivity contribution < 1.29 is 28.9 Å². The van der Waals surface area contributed by atoms with Crippen molar-refractivity contribution >= 4 is 5.97 Å². The Morgan fingerprint density at radius 3 is 2.62 bits per heavy atom. The van der Waals surface area contributed by atoms with Crippen molar-refractivity contribution in [2.24, 2.45) is 0 Å². The van der Waals surface area contributed by atoms with Crippen LogP contribution in [0.3, 0.4) is 0 Å². The molecule has 4 aromatic rings. The van der Waals surface area contributed by atoms with Crippen LogP contribution in [-0.2, 0) is 17.8 Å². The molecule has 2 heterocycles. The second-order valence-corrected chi connectivity index (χ2v) is 12.2. The number of hydrogen-bond donors (Lipinski definition) is 2. The molecule has 2 atom stereocenters. The maximum atomic E-state index is 15.4. The van der Waals surface area contributed by atoms with E-state index in [0.717, 1.165) is 44.5 Å². The molecule has 3 aromatic carbocycles. The number of fused-ring (bicyclic) bond motifs is 2. The predicted molar refractivity (Wildman–Crippen MR) is 157 cm³/mol. The maximum absolute atomic E-state index is 15.4. The molecule has 1 aromatic heterocycles. The number of carbonyl (C=O) groups is 1. The van der Waals surface area contributed by atoms with Crippen LogP contribution < -0.4 is 9.47 Å². The van der Waals surface area contributed by atoms with Crippen molar-refractivity contribution in [1.29, 1.82) is 0 Å². The number of aliphatic hydroxyl groups is 1. The van der Waals surface area contributed by atoms with E-state index in [9.17, 15) is 15.0 Å². The monoisotopic (exact) mass is 570 g/mol. The van der Waals surface area contributed by atoms with E-state index in [4.69, 9.17) is 9.47 Å². The van der Waals surface area contributed by atoms with Gasteiger partial charge in [0, 0.05) is 34.9 Å². The first-order valence-electron chi connectivity index (χ1n) is 14.3. The molecule has 7 nitrogen and oxygen atoms in total. The molecule has 1 aliphatic carbocycles. The summed E-state index contributed by atoms with van der Waals surface area (Å²) in [6.45, 7) is 8.40. The SMILES string of the molecule is Cc1cc(-c2cnn(CC(C)(C)O)c2)cc(C)c1-c1ccc(F)c2c1CC[C@H]2Oc1ccc2c(c1)OCC2CC(=O)O. The van der Waals surface area contributed by atoms with Crippen molar-refractivity contribution in [3.05, 3.63) is 88.5 Å². The van der Waals surface area contributed by atoms with Gasteiger partial charge in [0.05, 0.1) is 31.4 Å². The first-order chi connectivity index (χ1) is 20.0. The molecule has 1 aliphatic heterocycles. The second-order valence-electron chi connectivity index (χ2n) is 12.2. The zero-order valence-corrected chi connectivity index (χ0v) is 24.3. The number of aromatic nitrogens is 2. The third-order valence-electron chi connectivity index (χ3n) is 8.16. The minimum absolute atomic E-state index is 0.0166. The van der Waals surface area contributed by atoms with Gasteiger partial charge in [-0.15, -0.1) is 0 Å². The molecule has 0 saturated heterocycles. The maximum Gasteiger partial charge on any atom is 0.304 e. The molecule has 0 fully saturated rings. The van der Waals surface area contributed by atoms with Gasteiger partial charge < -0.3 is 19.7 Å². The van der Waals surface area contributed by atoms with Crippen molar-refractivity contribution in [3.63, 3.8) is 0 Å². The van der Waals surface area contributed by atoms with Gasteiger partial charge in [-0.05, 0) is 86.1 Å². The van der Waals surface area contributed by atoms with Crippen LogP contribution >= 0.6 is 0 Å². The summed E-state index contributed by atoms with van der Waals surface area (Å²) in [4.78, 5) is 11.2. The van der Waals surface area contributed by atoms with E-state index >= 15 is 4.39 Å². The van der Waals surface area contributed by atoms with Crippen LogP contribution in [0.15, 0.2) is 54.9 Å². The Morgan fingerprint density at radius 1 is 1.14 bits per heavy atom. The Hall–Kier alpha value is -4.17. The topological polar surface area (TPSA) is 93.8 Å². The molecular weight excluding hydrogens is 535 g/mol. The van der Waals surface area contributed by atoms with Gasteiger partial charge in [-0.1, -0.05) is 24.3 Å². The lowest BCUT2D eigenvalue weighted by Gasteiger charge is -2.19. The minimum atomic E-state index is -0.858. The largest absolute Gasteiger partial charge is 0.492 e. The van der Waals surface area contributed by atoms with Gasteiger partial charge >= 0.3 is 5.97 Å². The molecule has 0 saturated carbocycles. The van der Waals surface area contributed by atoms with Gasteiger partial charge in [-0.3, -0.25) is 9.48 Å². The van der Waals surface area contributed by atoms with Crippen molar-refractivity contribution in [2.75, 3.05) is 6.61 Å². The number of nitrogens with zero attached hydrogens (tertiary/aromatic N) is 2. The molecule has 6 rings (SSSR count). The zero-order valence-electron chi connectivity index (χ0n) is 24.3. The van der Waals surface area contributed by atoms with Crippen LogP contribution in [0.25, 0.3) is 22.3 Å². The molecular formula is C34H35FN2O5. The molecule has 42 heavy (non-hydrogen) atoms. The lowest BCUT2D eigenvalue weighted by molar-refractivity contribution is -0.137. The standard InChI is InChI=1S/C34H35FN2O5/c1-19-11-21(23-15-36-37(16-23)18-34(3,4)40)12-20(2)32(19)26-7-9-28(35)33-27(26)8-10-29(33)42-24-5-6-25-22(13-31(38)39)17-41-30(25)14-24/h5-7,9,11-12,14-16,22,29,40H,8,10,13,17-18H2,1-4H3,(H,38,39)/t22?,29-/m1/s1. The fraction of sp³-hybridized carbons (Fsp3) is 0.353. The van der Waals surface area contributed by atoms with Crippen LogP contribution in [0.2, 0.25) is 0 Å². The van der Waals surface area contributed by atoms with Gasteiger partial charge in [0.15, 0.2) is 0 Å². The van der Waals surface area contributed by atoms with Gasteiger partial charge in [-0.2, -0.15) is 5.10 Å². The number of aliphatic carboxylic acids is 1. The number of ether oxygens (including phenoxy) is 2. The van der Waals surface area contributed by atoms with Crippen LogP contribution in [0.5, 0.6) is 11.5 Å². The predicted octanol–water partition coefficient (Wildman–Crippen LogP) is 6.76. The molecule has 0 radical (unpaired) electrons. The van der Waals surface area contributed by atoms with Crippen LogP contribution in [0.4, 0.5) is 4.39 Å². The van der Waals surface area contributed by atoms with E-state index in [1.165, 1.54) is 6.07 Å². The molecule has 0 bridgehead atoms. The first kappa shape index (κ1) is 28.0. The number of rotatable bonds is 8. The quantitative estimate of drug-likeness (QED) is 0.243. The Labute approximate surface area is 244 Å². The Morgan fingerprint density at radius 2 is 1.90 bits per heavy atom. The average Bonchev–Trinajstić information content (AvgIpc) is 3.63. The number of halogens is 1. The molecule has 0 spiro atoms. The highest BCUT2D eigenvalue weighted by atomic mass is 19.1. The Bertz CT molecular complexity index is 1660. The Kier molecular flexibility index (Phi) is 7.05. The number of hydrogen-bond acceptors (Lipinski definition) is 5. The van der Waals surface area contributed by atoms with Crippen LogP contribution in [0, 0.1) is 19.7 Å². The van der Waals surface area contributed by atoms with Gasteiger partial charge in [0.1, 0.15) is 23.4 Å². The average molecular weight is 571 g/mol. The molecule has 2 aliphatic rings. The second kappa shape index (κ2) is 10.6. The van der Waals surface area contributed by atoms with E-state index in [0.29, 0.717) is 43.1 Å². The van der Waals surface area contributed by atoms with E-state index in [-0.39, 0.29) is 18.2 Å². The highest BCUT2D eigenvalue weighted by Crippen LogP contribution is 2.45. The highest BCUT2D eigenvalue weighted by Gasteiger charge is 2.32. The van der Waals surface area contributed by atoms with Crippen molar-refractivity contribution in [2.45, 2.75) is 71.1 Å². The molecule has 8 heteroatoms. The lowest BCUT2D eigenvalue weighted by Crippen LogP contribution is -2.26. The van der Waals surface area contributed by atoms with Crippen LogP contribution in [-0.4, -0.2) is 38.2 Å². The molecule has 0 amide bonds. The summed E-state index contributed by atoms with van der Waals surface area (Å²) in [5.41, 5.74) is 7.87. The number of benzene rings is 3. The van der Waals surface area contributed by atoms with E-state index in [1.54, 1.807) is 24.6 Å². The first-order valence-corrected chi connectivity index (χ1v) is 14.3. The van der Waals surface area contributed by atoms with Crippen molar-refractivity contribution in [3.8, 4) is 33.8 Å². The van der Waals surface area contributed by atoms with E-state index in [1.807, 2.05) is 30.6 Å². The fourth-order valence-electron chi connectivity index (χ4n) is 6.45. The summed E-state index contributed by atoms with van der Waals surface area (Å²) in [5.74, 6) is -0.108. The zero-order chi connectivity index (χ0) is 29.8. The molecule has 218 valence electrons. The van der Waals surface area contributed by atoms with Gasteiger partial charge in [0.2, 0.25) is 0 Å². The summed E-state index contributed by atoms with van der Waals surface area (Å²) >= 11 is 0. The van der Waals surface area contributed by atoms with E-state index < -0.39 is 17.7 Å². The lowest BCUT2D eigenvalue weighted by atomic mass is 9.88. The normalized spacial score (nSPS) is 17.6. The summed E-state index contributed by atoms with van der Waals surface area (Å²) in [6.07, 6.45) is 4.69. The fourth-order valence-corrected chi connectivity index (χ4v) is 6.45. The summed E-state index contributed by atoms with van der Waals surface area (Å²) < 4.78 is 29.2. The number of carboxylic acids is 1. The third kappa shape index (κ3) is 5.39. The summed E-state index contributed by atoms with van der Waals surface area (Å²) in [5, 5.41) is 23.7. The number of carboxylic acid groups (broad SMARTS) is 1. The third-order valence-corrected chi connectivity index (χ3v) is 8.16. The van der Waals surface area contributed by atoms with Crippen molar-refractivity contribution in [1.82, 2.24) is 9.78 Å². The summed E-state index contributed by atoms with van der Waals surface area (Å²) in [7, 11) is 0. The summed E-state index contributed by atoms with van der Waals surface area (Å²) in [6, 6.07) is 13.1.